The molecule has 0 atom stereocenters. The van der Waals surface area contributed by atoms with Crippen molar-refractivity contribution in [1.82, 2.24) is 4.72 Å². The van der Waals surface area contributed by atoms with E-state index in [1.165, 1.54) is 30.5 Å². The maximum absolute atomic E-state index is 12.8. The van der Waals surface area contributed by atoms with Gasteiger partial charge in [-0.25, -0.2) is 13.1 Å². The molecule has 2 heterocycles. The molecule has 0 spiro atoms. The largest absolute Gasteiger partial charge is 0.468 e. The number of amides is 1. The summed E-state index contributed by atoms with van der Waals surface area (Å²) < 4.78 is 38.3. The predicted octanol–water partition coefficient (Wildman–Crippen LogP) is 4.62. The molecule has 0 radical (unpaired) electrons. The van der Waals surface area contributed by atoms with Gasteiger partial charge in [0, 0.05) is 22.4 Å². The van der Waals surface area contributed by atoms with Crippen LogP contribution >= 0.6 is 11.8 Å². The van der Waals surface area contributed by atoms with Crippen LogP contribution in [0.25, 0.3) is 11.0 Å². The number of fused-ring (bicyclic) bond motifs is 1. The van der Waals surface area contributed by atoms with Crippen molar-refractivity contribution in [2.45, 2.75) is 17.2 Å². The maximum Gasteiger partial charge on any atom is 0.291 e. The van der Waals surface area contributed by atoms with Crippen molar-refractivity contribution in [2.75, 3.05) is 11.6 Å². The van der Waals surface area contributed by atoms with E-state index in [1.807, 2.05) is 30.5 Å². The van der Waals surface area contributed by atoms with E-state index in [2.05, 4.69) is 10.0 Å². The van der Waals surface area contributed by atoms with E-state index >= 15 is 0 Å². The smallest absolute Gasteiger partial charge is 0.291 e. The van der Waals surface area contributed by atoms with E-state index in [0.717, 1.165) is 10.9 Å². The Morgan fingerprint density at radius 3 is 2.52 bits per heavy atom. The minimum Gasteiger partial charge on any atom is -0.468 e. The molecule has 160 valence electrons. The lowest BCUT2D eigenvalue weighted by Gasteiger charge is -2.08. The van der Waals surface area contributed by atoms with Crippen LogP contribution in [-0.2, 0) is 22.3 Å². The van der Waals surface area contributed by atoms with E-state index in [0.29, 0.717) is 22.8 Å². The summed E-state index contributed by atoms with van der Waals surface area (Å²) >= 11 is 1.60. The van der Waals surface area contributed by atoms with Gasteiger partial charge < -0.3 is 14.2 Å². The second-order valence-electron chi connectivity index (χ2n) is 6.72. The fourth-order valence-electron chi connectivity index (χ4n) is 3.14. The van der Waals surface area contributed by atoms with Gasteiger partial charge in [0.05, 0.1) is 17.7 Å². The van der Waals surface area contributed by atoms with Crippen LogP contribution in [0.15, 0.2) is 80.7 Å². The highest BCUT2D eigenvalue weighted by Gasteiger charge is 2.21. The highest BCUT2D eigenvalue weighted by molar-refractivity contribution is 7.97. The summed E-state index contributed by atoms with van der Waals surface area (Å²) in [6.07, 6.45) is 3.44. The third kappa shape index (κ3) is 4.68. The van der Waals surface area contributed by atoms with Crippen LogP contribution in [0.2, 0.25) is 0 Å². The fraction of sp³-hybridized carbons (Fsp3) is 0.136. The molecule has 4 rings (SSSR count). The normalized spacial score (nSPS) is 11.6. The molecule has 0 fully saturated rings. The molecule has 0 aliphatic carbocycles. The minimum atomic E-state index is -3.71. The predicted molar refractivity (Wildman–Crippen MR) is 121 cm³/mol. The van der Waals surface area contributed by atoms with Gasteiger partial charge in [-0.3, -0.25) is 4.79 Å². The van der Waals surface area contributed by atoms with Crippen molar-refractivity contribution in [1.29, 1.82) is 0 Å². The molecule has 0 saturated carbocycles. The highest BCUT2D eigenvalue weighted by Crippen LogP contribution is 2.29. The Kier molecular flexibility index (Phi) is 6.17. The first-order chi connectivity index (χ1) is 15.0. The van der Waals surface area contributed by atoms with Crippen LogP contribution in [0.4, 0.5) is 5.69 Å². The van der Waals surface area contributed by atoms with E-state index < -0.39 is 10.0 Å². The van der Waals surface area contributed by atoms with Gasteiger partial charge >= 0.3 is 0 Å². The fourth-order valence-corrected chi connectivity index (χ4v) is 4.71. The zero-order valence-corrected chi connectivity index (χ0v) is 18.3. The zero-order chi connectivity index (χ0) is 21.8. The van der Waals surface area contributed by atoms with Crippen LogP contribution in [0, 0.1) is 0 Å². The van der Waals surface area contributed by atoms with Crippen LogP contribution in [0.1, 0.15) is 21.9 Å². The number of benzene rings is 2. The molecule has 1 amide bonds. The van der Waals surface area contributed by atoms with E-state index in [9.17, 15) is 13.2 Å². The van der Waals surface area contributed by atoms with Crippen LogP contribution in [0.5, 0.6) is 0 Å². The number of carbonyl (C=O) groups is 1. The SMILES string of the molecule is CSCc1c(C(=O)Nc2ccc(S(=O)(=O)NCc3ccco3)cc2)oc2ccccc12. The molecule has 2 N–H and O–H groups in total. The van der Waals surface area contributed by atoms with Gasteiger partial charge in [-0.05, 0) is 48.7 Å². The molecular formula is C22H20N2O5S2. The number of rotatable bonds is 8. The molecule has 2 aromatic carbocycles. The number of furan rings is 2. The Balaban J connectivity index is 1.49. The summed E-state index contributed by atoms with van der Waals surface area (Å²) in [7, 11) is -3.71. The van der Waals surface area contributed by atoms with Crippen LogP contribution < -0.4 is 10.0 Å². The average Bonchev–Trinajstić information content (AvgIpc) is 3.41. The summed E-state index contributed by atoms with van der Waals surface area (Å²) in [6.45, 7) is 0.0537. The molecule has 0 aliphatic heterocycles. The van der Waals surface area contributed by atoms with Crippen LogP contribution in [-0.4, -0.2) is 20.6 Å². The first-order valence-electron chi connectivity index (χ1n) is 9.41. The second-order valence-corrected chi connectivity index (χ2v) is 9.35. The second kappa shape index (κ2) is 9.01. The van der Waals surface area contributed by atoms with Crippen molar-refractivity contribution in [3.8, 4) is 0 Å². The number of carbonyl (C=O) groups excluding carboxylic acids is 1. The molecule has 7 nitrogen and oxygen atoms in total. The van der Waals surface area contributed by atoms with Crippen molar-refractivity contribution < 1.29 is 22.0 Å². The van der Waals surface area contributed by atoms with Crippen molar-refractivity contribution in [2.24, 2.45) is 0 Å². The third-order valence-electron chi connectivity index (χ3n) is 4.63. The van der Waals surface area contributed by atoms with Crippen molar-refractivity contribution in [3.05, 3.63) is 84.0 Å². The Hall–Kier alpha value is -3.01. The lowest BCUT2D eigenvalue weighted by molar-refractivity contribution is 0.0998. The van der Waals surface area contributed by atoms with E-state index in [4.69, 9.17) is 8.83 Å². The summed E-state index contributed by atoms with van der Waals surface area (Å²) in [5.74, 6) is 1.02. The molecule has 4 aromatic rings. The van der Waals surface area contributed by atoms with Gasteiger partial charge in [0.25, 0.3) is 5.91 Å². The maximum atomic E-state index is 12.8. The number of nitrogens with one attached hydrogen (secondary N) is 2. The van der Waals surface area contributed by atoms with Gasteiger partial charge in [-0.1, -0.05) is 18.2 Å². The number of hydrogen-bond donors (Lipinski definition) is 2. The van der Waals surface area contributed by atoms with Gasteiger partial charge in [0.2, 0.25) is 10.0 Å². The summed E-state index contributed by atoms with van der Waals surface area (Å²) in [6, 6.07) is 16.8. The molecular weight excluding hydrogens is 436 g/mol. The first kappa shape index (κ1) is 21.2. The molecule has 2 aromatic heterocycles. The monoisotopic (exact) mass is 456 g/mol. The lowest BCUT2D eigenvalue weighted by Crippen LogP contribution is -2.23. The van der Waals surface area contributed by atoms with E-state index in [-0.39, 0.29) is 23.1 Å². The number of anilines is 1. The number of sulfonamides is 1. The number of para-hydroxylation sites is 1. The number of hydrogen-bond acceptors (Lipinski definition) is 6. The first-order valence-corrected chi connectivity index (χ1v) is 12.3. The molecule has 0 unspecified atom stereocenters. The summed E-state index contributed by atoms with van der Waals surface area (Å²) in [5, 5.41) is 3.69. The minimum absolute atomic E-state index is 0.0537. The quantitative estimate of drug-likeness (QED) is 0.401. The average molecular weight is 457 g/mol. The molecule has 31 heavy (non-hydrogen) atoms. The van der Waals surface area contributed by atoms with Gasteiger partial charge in [0.15, 0.2) is 5.76 Å². The van der Waals surface area contributed by atoms with Crippen molar-refractivity contribution in [3.63, 3.8) is 0 Å². The topological polar surface area (TPSA) is 102 Å². The molecule has 0 bridgehead atoms. The van der Waals surface area contributed by atoms with Crippen molar-refractivity contribution >= 4 is 44.3 Å². The summed E-state index contributed by atoms with van der Waals surface area (Å²) in [5.41, 5.74) is 1.95. The Labute approximate surface area is 183 Å². The van der Waals surface area contributed by atoms with E-state index in [1.54, 1.807) is 23.9 Å². The van der Waals surface area contributed by atoms with Crippen LogP contribution in [0.3, 0.4) is 0 Å². The van der Waals surface area contributed by atoms with Gasteiger partial charge in [-0.2, -0.15) is 11.8 Å². The molecule has 0 aliphatic rings. The van der Waals surface area contributed by atoms with Gasteiger partial charge in [0.1, 0.15) is 11.3 Å². The zero-order valence-electron chi connectivity index (χ0n) is 16.6. The Morgan fingerprint density at radius 2 is 1.81 bits per heavy atom. The summed E-state index contributed by atoms with van der Waals surface area (Å²) in [4.78, 5) is 12.9. The lowest BCUT2D eigenvalue weighted by atomic mass is 10.1. The Morgan fingerprint density at radius 1 is 1.03 bits per heavy atom. The van der Waals surface area contributed by atoms with Gasteiger partial charge in [-0.15, -0.1) is 0 Å². The standard InChI is InChI=1S/C22H20N2O5S2/c1-30-14-19-18-6-2-3-7-20(18)29-21(19)22(25)24-15-8-10-17(11-9-15)31(26,27)23-13-16-5-4-12-28-16/h2-12,23H,13-14H2,1H3,(H,24,25). The highest BCUT2D eigenvalue weighted by atomic mass is 32.2. The molecule has 0 saturated heterocycles. The Bertz CT molecular complexity index is 1290. The molecule has 9 heteroatoms. The third-order valence-corrected chi connectivity index (χ3v) is 6.63. The number of thioether (sulfide) groups is 1.